The van der Waals surface area contributed by atoms with Gasteiger partial charge < -0.3 is 8.37 Å². The topological polar surface area (TPSA) is 86.7 Å². The van der Waals surface area contributed by atoms with Crippen LogP contribution in [0, 0.1) is 0 Å². The summed E-state index contributed by atoms with van der Waals surface area (Å²) in [5.74, 6) is -1.10. The summed E-state index contributed by atoms with van der Waals surface area (Å²) >= 11 is 0. The zero-order valence-corrected chi connectivity index (χ0v) is 19.3. The van der Waals surface area contributed by atoms with Crippen LogP contribution in [0.1, 0.15) is 25.0 Å². The summed E-state index contributed by atoms with van der Waals surface area (Å²) in [6.07, 6.45) is 0. The van der Waals surface area contributed by atoms with Gasteiger partial charge in [-0.15, -0.1) is 0 Å². The maximum atomic E-state index is 12.7. The molecule has 1 aliphatic rings. The van der Waals surface area contributed by atoms with E-state index in [2.05, 4.69) is 8.37 Å². The summed E-state index contributed by atoms with van der Waals surface area (Å²) in [4.78, 5) is 0. The first kappa shape index (κ1) is 25.1. The van der Waals surface area contributed by atoms with Crippen LogP contribution >= 0.6 is 0 Å². The van der Waals surface area contributed by atoms with Gasteiger partial charge in [-0.25, -0.2) is 0 Å². The molecular formula is C21H14F6O6S2. The molecule has 0 amide bonds. The van der Waals surface area contributed by atoms with E-state index in [4.69, 9.17) is 0 Å². The summed E-state index contributed by atoms with van der Waals surface area (Å²) in [5, 5.41) is 0.861. The van der Waals surface area contributed by atoms with E-state index in [1.165, 1.54) is 18.2 Å². The van der Waals surface area contributed by atoms with Crippen LogP contribution in [0.25, 0.3) is 21.9 Å². The lowest BCUT2D eigenvalue weighted by Gasteiger charge is -2.22. The van der Waals surface area contributed by atoms with Crippen molar-refractivity contribution in [1.82, 2.24) is 0 Å². The van der Waals surface area contributed by atoms with Gasteiger partial charge in [0.05, 0.1) is 0 Å². The molecule has 0 atom stereocenters. The van der Waals surface area contributed by atoms with Crippen LogP contribution in [0.4, 0.5) is 26.3 Å². The highest BCUT2D eigenvalue weighted by atomic mass is 32.2. The molecule has 1 aliphatic carbocycles. The van der Waals surface area contributed by atoms with Crippen molar-refractivity contribution in [2.75, 3.05) is 0 Å². The normalized spacial score (nSPS) is 15.5. The van der Waals surface area contributed by atoms with Gasteiger partial charge in [0.2, 0.25) is 0 Å². The minimum atomic E-state index is -5.88. The summed E-state index contributed by atoms with van der Waals surface area (Å²) in [5.41, 5.74) is -9.79. The number of hydrogen-bond acceptors (Lipinski definition) is 6. The molecule has 3 aromatic carbocycles. The van der Waals surface area contributed by atoms with E-state index in [9.17, 15) is 43.2 Å². The van der Waals surface area contributed by atoms with Gasteiger partial charge in [0.25, 0.3) is 0 Å². The number of alkyl halides is 6. The van der Waals surface area contributed by atoms with Gasteiger partial charge in [-0.1, -0.05) is 26.0 Å². The van der Waals surface area contributed by atoms with E-state index in [-0.39, 0.29) is 0 Å². The Morgan fingerprint density at radius 2 is 1.11 bits per heavy atom. The van der Waals surface area contributed by atoms with Gasteiger partial charge in [-0.3, -0.25) is 0 Å². The molecule has 0 aromatic heterocycles. The minimum absolute atomic E-state index is 0.343. The Morgan fingerprint density at radius 1 is 0.629 bits per heavy atom. The lowest BCUT2D eigenvalue weighted by molar-refractivity contribution is -0.0504. The van der Waals surface area contributed by atoms with E-state index in [0.717, 1.165) is 18.2 Å². The van der Waals surface area contributed by atoms with Crippen molar-refractivity contribution in [1.29, 1.82) is 0 Å². The quantitative estimate of drug-likeness (QED) is 0.243. The lowest BCUT2D eigenvalue weighted by Crippen LogP contribution is -2.28. The Bertz CT molecular complexity index is 1570. The predicted molar refractivity (Wildman–Crippen MR) is 113 cm³/mol. The van der Waals surface area contributed by atoms with Crippen LogP contribution in [-0.2, 0) is 25.7 Å². The lowest BCUT2D eigenvalue weighted by atomic mass is 9.82. The fraction of sp³-hybridized carbons (Fsp3) is 0.238. The Labute approximate surface area is 195 Å². The second-order valence-electron chi connectivity index (χ2n) is 8.21. The monoisotopic (exact) mass is 540 g/mol. The molecule has 0 aliphatic heterocycles. The molecule has 4 rings (SSSR count). The number of rotatable bonds is 4. The van der Waals surface area contributed by atoms with Crippen molar-refractivity contribution in [3.8, 4) is 22.6 Å². The molecule has 14 heteroatoms. The smallest absolute Gasteiger partial charge is 0.376 e. The van der Waals surface area contributed by atoms with E-state index in [1.54, 1.807) is 26.0 Å². The fourth-order valence-electron chi connectivity index (χ4n) is 3.89. The fourth-order valence-corrected chi connectivity index (χ4v) is 4.79. The molecule has 0 heterocycles. The molecule has 0 bridgehead atoms. The summed E-state index contributed by atoms with van der Waals surface area (Å²) < 4.78 is 130. The second-order valence-corrected chi connectivity index (χ2v) is 11.3. The molecule has 0 saturated carbocycles. The Hall–Kier alpha value is -3.00. The first-order chi connectivity index (χ1) is 15.8. The highest BCUT2D eigenvalue weighted by Gasteiger charge is 2.49. The minimum Gasteiger partial charge on any atom is -0.376 e. The molecule has 6 nitrogen and oxygen atoms in total. The predicted octanol–water partition coefficient (Wildman–Crippen LogP) is 5.60. The van der Waals surface area contributed by atoms with E-state index in [1.807, 2.05) is 0 Å². The van der Waals surface area contributed by atoms with Crippen molar-refractivity contribution in [2.45, 2.75) is 30.3 Å². The van der Waals surface area contributed by atoms with Crippen LogP contribution in [0.3, 0.4) is 0 Å². The van der Waals surface area contributed by atoms with Crippen molar-refractivity contribution in [3.05, 3.63) is 59.7 Å². The Kier molecular flexibility index (Phi) is 5.38. The van der Waals surface area contributed by atoms with Gasteiger partial charge in [0.15, 0.2) is 0 Å². The zero-order valence-electron chi connectivity index (χ0n) is 17.7. The van der Waals surface area contributed by atoms with Crippen molar-refractivity contribution in [2.24, 2.45) is 0 Å². The first-order valence-electron chi connectivity index (χ1n) is 9.58. The third kappa shape index (κ3) is 4.18. The second kappa shape index (κ2) is 7.50. The zero-order chi connectivity index (χ0) is 26.2. The number of fused-ring (bicyclic) bond motifs is 4. The average molecular weight is 540 g/mol. The van der Waals surface area contributed by atoms with Gasteiger partial charge in [-0.05, 0) is 69.4 Å². The number of halogens is 6. The highest BCUT2D eigenvalue weighted by molar-refractivity contribution is 7.88. The Balaban J connectivity index is 1.77. The number of benzene rings is 3. The van der Waals surface area contributed by atoms with Gasteiger partial charge in [0, 0.05) is 5.41 Å². The molecule has 0 radical (unpaired) electrons. The summed E-state index contributed by atoms with van der Waals surface area (Å²) in [6.45, 7) is 3.42. The van der Waals surface area contributed by atoms with Gasteiger partial charge in [-0.2, -0.15) is 43.2 Å². The van der Waals surface area contributed by atoms with E-state index < -0.39 is 48.2 Å². The van der Waals surface area contributed by atoms with Crippen molar-refractivity contribution >= 4 is 31.0 Å². The molecule has 35 heavy (non-hydrogen) atoms. The van der Waals surface area contributed by atoms with Crippen LogP contribution in [0.5, 0.6) is 11.5 Å². The van der Waals surface area contributed by atoms with Crippen LogP contribution in [-0.4, -0.2) is 27.9 Å². The van der Waals surface area contributed by atoms with Crippen molar-refractivity contribution in [3.63, 3.8) is 0 Å². The largest absolute Gasteiger partial charge is 0.534 e. The van der Waals surface area contributed by atoms with E-state index in [0.29, 0.717) is 33.0 Å². The SMILES string of the molecule is CC1(C)c2cc(OS(=O)(=O)C(F)(F)F)ccc2-c2cc3ccc(OS(=O)(=O)C(F)(F)F)cc3cc21. The highest BCUT2D eigenvalue weighted by Crippen LogP contribution is 2.51. The van der Waals surface area contributed by atoms with Crippen LogP contribution in [0.2, 0.25) is 0 Å². The van der Waals surface area contributed by atoms with Gasteiger partial charge >= 0.3 is 31.3 Å². The summed E-state index contributed by atoms with van der Waals surface area (Å²) in [6, 6.07) is 10.4. The molecule has 188 valence electrons. The molecule has 0 N–H and O–H groups in total. The molecular weight excluding hydrogens is 526 g/mol. The Morgan fingerprint density at radius 3 is 1.66 bits per heavy atom. The third-order valence-electron chi connectivity index (χ3n) is 5.55. The van der Waals surface area contributed by atoms with Crippen molar-refractivity contribution < 1.29 is 51.5 Å². The van der Waals surface area contributed by atoms with Crippen LogP contribution < -0.4 is 8.37 Å². The maximum absolute atomic E-state index is 12.7. The van der Waals surface area contributed by atoms with E-state index >= 15 is 0 Å². The molecule has 0 spiro atoms. The molecule has 0 fully saturated rings. The maximum Gasteiger partial charge on any atom is 0.534 e. The van der Waals surface area contributed by atoms with Crippen LogP contribution in [0.15, 0.2) is 48.5 Å². The first-order valence-corrected chi connectivity index (χ1v) is 12.4. The summed E-state index contributed by atoms with van der Waals surface area (Å²) in [7, 11) is -11.7. The molecule has 0 unspecified atom stereocenters. The average Bonchev–Trinajstić information content (AvgIpc) is 2.91. The molecule has 0 saturated heterocycles. The number of hydrogen-bond donors (Lipinski definition) is 0. The van der Waals surface area contributed by atoms with Gasteiger partial charge in [0.1, 0.15) is 11.5 Å². The standard InChI is InChI=1S/C21H14F6O6S2/c1-19(2)17-9-12-7-13(32-34(28,29)20(22,23)24)4-3-11(12)8-16(17)15-6-5-14(10-18(15)19)33-35(30,31)21(25,26)27/h3-10H,1-2H3. The third-order valence-corrected chi connectivity index (χ3v) is 7.51. The molecule has 3 aromatic rings.